The molecule has 22 heavy (non-hydrogen) atoms. The Labute approximate surface area is 133 Å². The molecule has 120 valence electrons. The first kappa shape index (κ1) is 15.6. The number of benzene rings is 1. The molecule has 2 aromatic rings. The number of fused-ring (bicyclic) bond motifs is 1. The van der Waals surface area contributed by atoms with E-state index in [2.05, 4.69) is 48.9 Å². The van der Waals surface area contributed by atoms with Crippen LogP contribution in [0.3, 0.4) is 0 Å². The summed E-state index contributed by atoms with van der Waals surface area (Å²) in [7, 11) is 0. The second-order valence-corrected chi connectivity index (χ2v) is 7.21. The van der Waals surface area contributed by atoms with Crippen molar-refractivity contribution >= 4 is 10.9 Å². The predicted octanol–water partition coefficient (Wildman–Crippen LogP) is 3.77. The number of aliphatic hydroxyl groups is 1. The van der Waals surface area contributed by atoms with E-state index in [-0.39, 0.29) is 5.41 Å². The number of likely N-dealkylation sites (tertiary alicyclic amines) is 1. The van der Waals surface area contributed by atoms with Crippen molar-refractivity contribution < 1.29 is 5.11 Å². The van der Waals surface area contributed by atoms with Crippen molar-refractivity contribution in [2.24, 2.45) is 5.41 Å². The number of hydrogen-bond acceptors (Lipinski definition) is 2. The summed E-state index contributed by atoms with van der Waals surface area (Å²) in [5.41, 5.74) is 5.31. The molecule has 0 spiro atoms. The molecule has 1 aliphatic heterocycles. The molecule has 1 aromatic carbocycles. The monoisotopic (exact) mass is 300 g/mol. The Bertz CT molecular complexity index is 661. The van der Waals surface area contributed by atoms with Gasteiger partial charge in [-0.25, -0.2) is 0 Å². The van der Waals surface area contributed by atoms with Gasteiger partial charge in [-0.3, -0.25) is 4.90 Å². The van der Waals surface area contributed by atoms with Crippen LogP contribution in [0.2, 0.25) is 0 Å². The quantitative estimate of drug-likeness (QED) is 0.882. The molecule has 1 fully saturated rings. The number of aryl methyl sites for hydroxylation is 2. The second kappa shape index (κ2) is 6.05. The Balaban J connectivity index is 1.76. The first-order valence-electron chi connectivity index (χ1n) is 8.47. The Morgan fingerprint density at radius 2 is 2.09 bits per heavy atom. The first-order chi connectivity index (χ1) is 10.5. The highest BCUT2D eigenvalue weighted by molar-refractivity contribution is 5.84. The minimum Gasteiger partial charge on any atom is -0.396 e. The lowest BCUT2D eigenvalue weighted by atomic mass is 9.83. The van der Waals surface area contributed by atoms with Crippen LogP contribution in [0.4, 0.5) is 0 Å². The summed E-state index contributed by atoms with van der Waals surface area (Å²) in [6, 6.07) is 6.77. The number of nitrogens with zero attached hydrogens (tertiary/aromatic N) is 1. The Morgan fingerprint density at radius 1 is 1.27 bits per heavy atom. The summed E-state index contributed by atoms with van der Waals surface area (Å²) in [6.07, 6.45) is 3.40. The fraction of sp³-hybridized carbons (Fsp3) is 0.579. The molecule has 1 aromatic heterocycles. The zero-order chi connectivity index (χ0) is 15.7. The van der Waals surface area contributed by atoms with Gasteiger partial charge in [0.2, 0.25) is 0 Å². The molecule has 3 heteroatoms. The van der Waals surface area contributed by atoms with Gasteiger partial charge in [0.25, 0.3) is 0 Å². The van der Waals surface area contributed by atoms with Crippen molar-refractivity contribution in [1.82, 2.24) is 9.88 Å². The third-order valence-corrected chi connectivity index (χ3v) is 5.17. The van der Waals surface area contributed by atoms with E-state index in [1.54, 1.807) is 0 Å². The van der Waals surface area contributed by atoms with E-state index in [1.165, 1.54) is 27.7 Å². The smallest absolute Gasteiger partial charge is 0.0500 e. The maximum Gasteiger partial charge on any atom is 0.0500 e. The standard InChI is InChI=1S/C19H28N2O/c1-4-5-19(13-22)6-7-21(12-19)11-16-10-17-15(3)8-14(2)9-18(17)20-16/h8-10,20,22H,4-7,11-13H2,1-3H3/t19-/m0/s1. The van der Waals surface area contributed by atoms with E-state index >= 15 is 0 Å². The maximum atomic E-state index is 9.78. The van der Waals surface area contributed by atoms with Crippen LogP contribution < -0.4 is 0 Å². The summed E-state index contributed by atoms with van der Waals surface area (Å²) in [5, 5.41) is 11.1. The van der Waals surface area contributed by atoms with Crippen molar-refractivity contribution in [3.63, 3.8) is 0 Å². The molecule has 1 aliphatic rings. The van der Waals surface area contributed by atoms with Crippen LogP contribution in [0.5, 0.6) is 0 Å². The van der Waals surface area contributed by atoms with Crippen molar-refractivity contribution in [2.45, 2.75) is 46.6 Å². The highest BCUT2D eigenvalue weighted by Gasteiger charge is 2.36. The number of aromatic nitrogens is 1. The summed E-state index contributed by atoms with van der Waals surface area (Å²) in [4.78, 5) is 6.06. The number of H-pyrrole nitrogens is 1. The highest BCUT2D eigenvalue weighted by atomic mass is 16.3. The van der Waals surface area contributed by atoms with Gasteiger partial charge in [0, 0.05) is 41.7 Å². The van der Waals surface area contributed by atoms with Crippen LogP contribution in [0.1, 0.15) is 43.0 Å². The molecular formula is C19H28N2O. The first-order valence-corrected chi connectivity index (χ1v) is 8.47. The van der Waals surface area contributed by atoms with Gasteiger partial charge in [0.15, 0.2) is 0 Å². The fourth-order valence-electron chi connectivity index (χ4n) is 4.09. The molecule has 1 atom stereocenters. The van der Waals surface area contributed by atoms with Crippen LogP contribution >= 0.6 is 0 Å². The van der Waals surface area contributed by atoms with E-state index < -0.39 is 0 Å². The minimum atomic E-state index is 0.132. The molecule has 1 saturated heterocycles. The molecule has 0 bridgehead atoms. The lowest BCUT2D eigenvalue weighted by Gasteiger charge is -2.26. The van der Waals surface area contributed by atoms with E-state index in [4.69, 9.17) is 0 Å². The summed E-state index contributed by atoms with van der Waals surface area (Å²) in [5.74, 6) is 0. The molecule has 0 aliphatic carbocycles. The van der Waals surface area contributed by atoms with Gasteiger partial charge in [-0.1, -0.05) is 19.4 Å². The molecule has 0 amide bonds. The molecule has 0 unspecified atom stereocenters. The molecule has 3 rings (SSSR count). The highest BCUT2D eigenvalue weighted by Crippen LogP contribution is 2.35. The molecule has 2 heterocycles. The number of aromatic amines is 1. The van der Waals surface area contributed by atoms with E-state index in [0.29, 0.717) is 6.61 Å². The third-order valence-electron chi connectivity index (χ3n) is 5.17. The lowest BCUT2D eigenvalue weighted by Crippen LogP contribution is -2.30. The fourth-order valence-corrected chi connectivity index (χ4v) is 4.09. The van der Waals surface area contributed by atoms with Gasteiger partial charge in [0.05, 0.1) is 0 Å². The number of hydrogen-bond donors (Lipinski definition) is 2. The van der Waals surface area contributed by atoms with Gasteiger partial charge >= 0.3 is 0 Å². The molecule has 2 N–H and O–H groups in total. The summed E-state index contributed by atoms with van der Waals surface area (Å²) >= 11 is 0. The zero-order valence-electron chi connectivity index (χ0n) is 14.1. The van der Waals surface area contributed by atoms with E-state index in [0.717, 1.165) is 38.9 Å². The number of aliphatic hydroxyl groups excluding tert-OH is 1. The Morgan fingerprint density at radius 3 is 2.82 bits per heavy atom. The maximum absolute atomic E-state index is 9.78. The van der Waals surface area contributed by atoms with Gasteiger partial charge in [-0.05, 0) is 56.5 Å². The molecular weight excluding hydrogens is 272 g/mol. The zero-order valence-corrected chi connectivity index (χ0v) is 14.1. The van der Waals surface area contributed by atoms with Crippen molar-refractivity contribution in [3.8, 4) is 0 Å². The second-order valence-electron chi connectivity index (χ2n) is 7.21. The topological polar surface area (TPSA) is 39.3 Å². The van der Waals surface area contributed by atoms with Gasteiger partial charge < -0.3 is 10.1 Å². The van der Waals surface area contributed by atoms with Gasteiger partial charge in [0.1, 0.15) is 0 Å². The summed E-state index contributed by atoms with van der Waals surface area (Å²) in [6.45, 7) is 9.93. The lowest BCUT2D eigenvalue weighted by molar-refractivity contribution is 0.117. The van der Waals surface area contributed by atoms with Crippen LogP contribution in [-0.4, -0.2) is 34.7 Å². The minimum absolute atomic E-state index is 0.132. The number of rotatable bonds is 5. The van der Waals surface area contributed by atoms with Crippen LogP contribution in [0.25, 0.3) is 10.9 Å². The average molecular weight is 300 g/mol. The van der Waals surface area contributed by atoms with Crippen molar-refractivity contribution in [1.29, 1.82) is 0 Å². The van der Waals surface area contributed by atoms with Crippen molar-refractivity contribution in [2.75, 3.05) is 19.7 Å². The predicted molar refractivity (Wildman–Crippen MR) is 92.1 cm³/mol. The van der Waals surface area contributed by atoms with Crippen LogP contribution in [-0.2, 0) is 6.54 Å². The average Bonchev–Trinajstić information content (AvgIpc) is 3.04. The van der Waals surface area contributed by atoms with Crippen LogP contribution in [0, 0.1) is 19.3 Å². The summed E-state index contributed by atoms with van der Waals surface area (Å²) < 4.78 is 0. The Hall–Kier alpha value is -1.32. The van der Waals surface area contributed by atoms with Gasteiger partial charge in [-0.15, -0.1) is 0 Å². The van der Waals surface area contributed by atoms with Gasteiger partial charge in [-0.2, -0.15) is 0 Å². The third kappa shape index (κ3) is 2.92. The molecule has 3 nitrogen and oxygen atoms in total. The Kier molecular flexibility index (Phi) is 4.28. The van der Waals surface area contributed by atoms with Crippen molar-refractivity contribution in [3.05, 3.63) is 35.0 Å². The molecule has 0 saturated carbocycles. The van der Waals surface area contributed by atoms with E-state index in [9.17, 15) is 5.11 Å². The van der Waals surface area contributed by atoms with E-state index in [1.807, 2.05) is 0 Å². The molecule has 0 radical (unpaired) electrons. The van der Waals surface area contributed by atoms with Crippen LogP contribution in [0.15, 0.2) is 18.2 Å². The normalized spacial score (nSPS) is 22.7. The number of nitrogens with one attached hydrogen (secondary N) is 1. The largest absolute Gasteiger partial charge is 0.396 e. The SMILES string of the molecule is CCC[C@]1(CO)CCN(Cc2cc3c(C)cc(C)cc3[nH]2)C1.